The topological polar surface area (TPSA) is 61.7 Å². The number of hydrogen-bond donors (Lipinski definition) is 1. The number of ether oxygens (including phenoxy) is 1. The lowest BCUT2D eigenvalue weighted by molar-refractivity contribution is 0.415. The molecule has 0 radical (unpaired) electrons. The number of rotatable bonds is 5. The van der Waals surface area contributed by atoms with Crippen molar-refractivity contribution in [2.45, 2.75) is 30.2 Å². The molecule has 0 aliphatic rings. The van der Waals surface area contributed by atoms with Crippen LogP contribution in [-0.4, -0.2) is 22.3 Å². The summed E-state index contributed by atoms with van der Waals surface area (Å²) in [4.78, 5) is 7.76. The fourth-order valence-electron chi connectivity index (χ4n) is 1.68. The summed E-state index contributed by atoms with van der Waals surface area (Å²) in [6.45, 7) is 2.08. The van der Waals surface area contributed by atoms with Gasteiger partial charge in [0.2, 0.25) is 0 Å². The van der Waals surface area contributed by atoms with E-state index in [9.17, 15) is 0 Å². The standard InChI is InChI=1S/C13H15N3OS/c1-3-10(6-7-14)18-13-15-11-5-4-9(17-2)8-12(11)16-13/h4-5,8,10H,3,6H2,1-2H3,(H,15,16). The molecule has 0 bridgehead atoms. The number of nitrogens with one attached hydrogen (secondary N) is 1. The zero-order valence-corrected chi connectivity index (χ0v) is 11.3. The van der Waals surface area contributed by atoms with Crippen LogP contribution in [0.2, 0.25) is 0 Å². The van der Waals surface area contributed by atoms with Gasteiger partial charge in [0.1, 0.15) is 5.75 Å². The second-order valence-electron chi connectivity index (χ2n) is 3.94. The highest BCUT2D eigenvalue weighted by Gasteiger charge is 2.11. The quantitative estimate of drug-likeness (QED) is 0.838. The van der Waals surface area contributed by atoms with E-state index in [4.69, 9.17) is 10.00 Å². The van der Waals surface area contributed by atoms with Crippen molar-refractivity contribution in [3.05, 3.63) is 18.2 Å². The van der Waals surface area contributed by atoms with Gasteiger partial charge >= 0.3 is 0 Å². The summed E-state index contributed by atoms with van der Waals surface area (Å²) in [5.74, 6) is 0.812. The van der Waals surface area contributed by atoms with E-state index in [0.717, 1.165) is 28.4 Å². The number of nitriles is 1. The molecule has 1 aromatic carbocycles. The smallest absolute Gasteiger partial charge is 0.166 e. The Hall–Kier alpha value is -1.67. The number of aromatic amines is 1. The highest BCUT2D eigenvalue weighted by atomic mass is 32.2. The number of fused-ring (bicyclic) bond motifs is 1. The molecule has 94 valence electrons. The molecule has 0 fully saturated rings. The van der Waals surface area contributed by atoms with Gasteiger partial charge in [-0.1, -0.05) is 18.7 Å². The van der Waals surface area contributed by atoms with Crippen molar-refractivity contribution >= 4 is 22.8 Å². The molecule has 1 unspecified atom stereocenters. The van der Waals surface area contributed by atoms with Crippen LogP contribution in [0.25, 0.3) is 11.0 Å². The largest absolute Gasteiger partial charge is 0.497 e. The number of nitrogens with zero attached hydrogens (tertiary/aromatic N) is 2. The maximum Gasteiger partial charge on any atom is 0.166 e. The van der Waals surface area contributed by atoms with E-state index >= 15 is 0 Å². The Balaban J connectivity index is 2.22. The molecule has 0 spiro atoms. The number of aromatic nitrogens is 2. The normalized spacial score (nSPS) is 12.3. The number of benzene rings is 1. The first-order chi connectivity index (χ1) is 8.76. The average Bonchev–Trinajstić information content (AvgIpc) is 2.79. The fraction of sp³-hybridized carbons (Fsp3) is 0.385. The van der Waals surface area contributed by atoms with E-state index in [1.54, 1.807) is 18.9 Å². The number of hydrogen-bond acceptors (Lipinski definition) is 4. The van der Waals surface area contributed by atoms with Crippen molar-refractivity contribution in [3.63, 3.8) is 0 Å². The SMILES string of the molecule is CCC(CC#N)Sc1nc2ccc(OC)cc2[nH]1. The van der Waals surface area contributed by atoms with Crippen molar-refractivity contribution in [2.75, 3.05) is 7.11 Å². The van der Waals surface area contributed by atoms with Gasteiger partial charge in [0.05, 0.1) is 24.2 Å². The first-order valence-electron chi connectivity index (χ1n) is 5.84. The van der Waals surface area contributed by atoms with E-state index in [-0.39, 0.29) is 5.25 Å². The van der Waals surface area contributed by atoms with E-state index in [0.29, 0.717) is 6.42 Å². The molecule has 0 aliphatic heterocycles. The third-order valence-corrected chi connectivity index (χ3v) is 3.97. The Labute approximate surface area is 110 Å². The predicted molar refractivity (Wildman–Crippen MR) is 72.8 cm³/mol. The van der Waals surface area contributed by atoms with Gasteiger partial charge in [-0.05, 0) is 18.6 Å². The van der Waals surface area contributed by atoms with Crippen LogP contribution in [-0.2, 0) is 0 Å². The van der Waals surface area contributed by atoms with Crippen molar-refractivity contribution in [2.24, 2.45) is 0 Å². The molecule has 0 saturated carbocycles. The third-order valence-electron chi connectivity index (χ3n) is 2.72. The van der Waals surface area contributed by atoms with Crippen molar-refractivity contribution in [1.29, 1.82) is 5.26 Å². The Kier molecular flexibility index (Phi) is 4.11. The van der Waals surface area contributed by atoms with Crippen LogP contribution >= 0.6 is 11.8 Å². The highest BCUT2D eigenvalue weighted by Crippen LogP contribution is 2.28. The maximum atomic E-state index is 8.74. The third kappa shape index (κ3) is 2.77. The van der Waals surface area contributed by atoms with Crippen LogP contribution in [0.3, 0.4) is 0 Å². The van der Waals surface area contributed by atoms with Crippen LogP contribution in [0, 0.1) is 11.3 Å². The molecule has 1 atom stereocenters. The van der Waals surface area contributed by atoms with Crippen molar-refractivity contribution in [1.82, 2.24) is 9.97 Å². The van der Waals surface area contributed by atoms with E-state index < -0.39 is 0 Å². The minimum absolute atomic E-state index is 0.289. The first kappa shape index (κ1) is 12.8. The molecule has 0 amide bonds. The lowest BCUT2D eigenvalue weighted by Gasteiger charge is -2.06. The zero-order valence-electron chi connectivity index (χ0n) is 10.4. The van der Waals surface area contributed by atoms with E-state index in [1.165, 1.54) is 0 Å². The maximum absolute atomic E-state index is 8.74. The number of methoxy groups -OCH3 is 1. The summed E-state index contributed by atoms with van der Waals surface area (Å²) in [5, 5.41) is 9.89. The van der Waals surface area contributed by atoms with Gasteiger partial charge in [-0.2, -0.15) is 5.26 Å². The Morgan fingerprint density at radius 1 is 1.56 bits per heavy atom. The molecule has 4 nitrogen and oxygen atoms in total. The Morgan fingerprint density at radius 3 is 3.06 bits per heavy atom. The number of H-pyrrole nitrogens is 1. The molecule has 2 aromatic rings. The minimum atomic E-state index is 0.289. The number of thioether (sulfide) groups is 1. The first-order valence-corrected chi connectivity index (χ1v) is 6.72. The molecule has 18 heavy (non-hydrogen) atoms. The van der Waals surface area contributed by atoms with Gasteiger partial charge in [-0.15, -0.1) is 0 Å². The monoisotopic (exact) mass is 261 g/mol. The van der Waals surface area contributed by atoms with Crippen molar-refractivity contribution in [3.8, 4) is 11.8 Å². The molecular weight excluding hydrogens is 246 g/mol. The number of imidazole rings is 1. The molecule has 1 aromatic heterocycles. The molecule has 5 heteroatoms. The summed E-state index contributed by atoms with van der Waals surface area (Å²) in [6, 6.07) is 7.96. The Morgan fingerprint density at radius 2 is 2.39 bits per heavy atom. The Bertz CT molecular complexity index is 573. The second-order valence-corrected chi connectivity index (χ2v) is 5.22. The van der Waals surface area contributed by atoms with Crippen LogP contribution < -0.4 is 4.74 Å². The minimum Gasteiger partial charge on any atom is -0.497 e. The molecule has 0 saturated heterocycles. The molecule has 2 rings (SSSR count). The summed E-state index contributed by atoms with van der Waals surface area (Å²) in [7, 11) is 1.65. The van der Waals surface area contributed by atoms with Crippen LogP contribution in [0.15, 0.2) is 23.4 Å². The van der Waals surface area contributed by atoms with E-state index in [2.05, 4.69) is 23.0 Å². The van der Waals surface area contributed by atoms with Gasteiger partial charge < -0.3 is 9.72 Å². The van der Waals surface area contributed by atoms with Crippen LogP contribution in [0.1, 0.15) is 19.8 Å². The van der Waals surface area contributed by atoms with Gasteiger partial charge in [0.15, 0.2) is 5.16 Å². The highest BCUT2D eigenvalue weighted by molar-refractivity contribution is 7.99. The summed E-state index contributed by atoms with van der Waals surface area (Å²) in [6.07, 6.45) is 1.50. The van der Waals surface area contributed by atoms with Gasteiger partial charge in [0, 0.05) is 17.7 Å². The molecule has 1 heterocycles. The van der Waals surface area contributed by atoms with Gasteiger partial charge in [-0.25, -0.2) is 4.98 Å². The molecular formula is C13H15N3OS. The van der Waals surface area contributed by atoms with Gasteiger partial charge in [0.25, 0.3) is 0 Å². The van der Waals surface area contributed by atoms with Gasteiger partial charge in [-0.3, -0.25) is 0 Å². The summed E-state index contributed by atoms with van der Waals surface area (Å²) in [5.41, 5.74) is 1.88. The van der Waals surface area contributed by atoms with Crippen molar-refractivity contribution < 1.29 is 4.74 Å². The van der Waals surface area contributed by atoms with Crippen LogP contribution in [0.5, 0.6) is 5.75 Å². The lowest BCUT2D eigenvalue weighted by Crippen LogP contribution is -1.99. The summed E-state index contributed by atoms with van der Waals surface area (Å²) < 4.78 is 5.17. The zero-order chi connectivity index (χ0) is 13.0. The van der Waals surface area contributed by atoms with E-state index in [1.807, 2.05) is 18.2 Å². The average molecular weight is 261 g/mol. The van der Waals surface area contributed by atoms with Crippen LogP contribution in [0.4, 0.5) is 0 Å². The fourth-order valence-corrected chi connectivity index (χ4v) is 2.64. The lowest BCUT2D eigenvalue weighted by atomic mass is 10.3. The second kappa shape index (κ2) is 5.78. The molecule has 1 N–H and O–H groups in total. The molecule has 0 aliphatic carbocycles. The predicted octanol–water partition coefficient (Wildman–Crippen LogP) is 3.36. The summed E-state index contributed by atoms with van der Waals surface area (Å²) >= 11 is 1.62.